The average molecular weight is 374 g/mol. The van der Waals surface area contributed by atoms with Gasteiger partial charge in [-0.2, -0.15) is 0 Å². The van der Waals surface area contributed by atoms with E-state index in [2.05, 4.69) is 5.32 Å². The van der Waals surface area contributed by atoms with Gasteiger partial charge in [-0.3, -0.25) is 9.69 Å². The Morgan fingerprint density at radius 1 is 1.04 bits per heavy atom. The molecule has 1 N–H and O–H groups in total. The molecule has 0 saturated carbocycles. The first-order valence-corrected chi connectivity index (χ1v) is 9.20. The summed E-state index contributed by atoms with van der Waals surface area (Å²) in [4.78, 5) is 27.2. The van der Waals surface area contributed by atoms with Crippen LogP contribution in [0.5, 0.6) is 5.75 Å². The molecule has 0 radical (unpaired) electrons. The number of aryl methyl sites for hydroxylation is 1. The number of imide groups is 1. The molecule has 1 heterocycles. The number of nitrogens with one attached hydrogen (secondary N) is 1. The van der Waals surface area contributed by atoms with Crippen molar-refractivity contribution in [2.75, 3.05) is 7.11 Å². The fourth-order valence-electron chi connectivity index (χ4n) is 3.83. The molecule has 1 unspecified atom stereocenters. The number of hydrogen-bond acceptors (Lipinski definition) is 3. The molecule has 3 aromatic rings. The van der Waals surface area contributed by atoms with Gasteiger partial charge in [0.05, 0.1) is 13.7 Å². The van der Waals surface area contributed by atoms with Crippen molar-refractivity contribution in [2.24, 2.45) is 0 Å². The summed E-state index contributed by atoms with van der Waals surface area (Å²) in [6.45, 7) is 3.90. The molecule has 1 aliphatic rings. The highest BCUT2D eigenvalue weighted by Gasteiger charge is 2.49. The first kappa shape index (κ1) is 18.0. The van der Waals surface area contributed by atoms with Crippen molar-refractivity contribution in [3.63, 3.8) is 0 Å². The maximum atomic E-state index is 13.3. The van der Waals surface area contributed by atoms with Crippen molar-refractivity contribution in [3.8, 4) is 5.75 Å². The molecule has 1 aliphatic heterocycles. The van der Waals surface area contributed by atoms with Crippen LogP contribution in [0.4, 0.5) is 4.79 Å². The molecule has 5 heteroatoms. The van der Waals surface area contributed by atoms with E-state index >= 15 is 0 Å². The fourth-order valence-corrected chi connectivity index (χ4v) is 3.83. The van der Waals surface area contributed by atoms with E-state index in [9.17, 15) is 9.59 Å². The zero-order chi connectivity index (χ0) is 19.9. The molecule has 0 aliphatic carbocycles. The van der Waals surface area contributed by atoms with E-state index in [1.54, 1.807) is 14.0 Å². The number of carbonyl (C=O) groups is 2. The largest absolute Gasteiger partial charge is 0.496 e. The van der Waals surface area contributed by atoms with E-state index in [0.29, 0.717) is 0 Å². The topological polar surface area (TPSA) is 58.6 Å². The van der Waals surface area contributed by atoms with Crippen LogP contribution < -0.4 is 10.1 Å². The van der Waals surface area contributed by atoms with Crippen LogP contribution in [0.2, 0.25) is 0 Å². The lowest BCUT2D eigenvalue weighted by Gasteiger charge is -2.23. The molecule has 1 atom stereocenters. The van der Waals surface area contributed by atoms with Crippen LogP contribution in [-0.2, 0) is 16.9 Å². The van der Waals surface area contributed by atoms with Crippen LogP contribution in [0, 0.1) is 6.92 Å². The SMILES string of the molecule is COc1ccc(C2(C)NC(=O)N(Cc3cccc4ccccc34)C2=O)cc1C. The Morgan fingerprint density at radius 3 is 2.54 bits per heavy atom. The van der Waals surface area contributed by atoms with Crippen LogP contribution in [0.1, 0.15) is 23.6 Å². The van der Waals surface area contributed by atoms with Crippen molar-refractivity contribution in [3.05, 3.63) is 77.4 Å². The Balaban J connectivity index is 1.68. The summed E-state index contributed by atoms with van der Waals surface area (Å²) in [6.07, 6.45) is 0. The Bertz CT molecular complexity index is 1090. The quantitative estimate of drug-likeness (QED) is 0.699. The van der Waals surface area contributed by atoms with Crippen molar-refractivity contribution in [2.45, 2.75) is 25.9 Å². The molecule has 142 valence electrons. The van der Waals surface area contributed by atoms with Crippen LogP contribution in [-0.4, -0.2) is 23.9 Å². The Kier molecular flexibility index (Phi) is 4.30. The Labute approximate surface area is 163 Å². The van der Waals surface area contributed by atoms with Crippen LogP contribution in [0.25, 0.3) is 10.8 Å². The molecular formula is C23H22N2O3. The summed E-state index contributed by atoms with van der Waals surface area (Å²) in [5.41, 5.74) is 1.50. The van der Waals surface area contributed by atoms with Gasteiger partial charge in [0.2, 0.25) is 0 Å². The Hall–Kier alpha value is -3.34. The van der Waals surface area contributed by atoms with Crippen molar-refractivity contribution >= 4 is 22.7 Å². The van der Waals surface area contributed by atoms with Gasteiger partial charge in [0.1, 0.15) is 11.3 Å². The molecule has 4 rings (SSSR count). The molecule has 0 spiro atoms. The zero-order valence-corrected chi connectivity index (χ0v) is 16.2. The van der Waals surface area contributed by atoms with Gasteiger partial charge in [-0.1, -0.05) is 48.5 Å². The monoisotopic (exact) mass is 374 g/mol. The Morgan fingerprint density at radius 2 is 1.79 bits per heavy atom. The van der Waals surface area contributed by atoms with Gasteiger partial charge >= 0.3 is 6.03 Å². The number of hydrogen-bond donors (Lipinski definition) is 1. The lowest BCUT2D eigenvalue weighted by atomic mass is 9.90. The number of fused-ring (bicyclic) bond motifs is 1. The summed E-state index contributed by atoms with van der Waals surface area (Å²) in [7, 11) is 1.61. The second-order valence-corrected chi connectivity index (χ2v) is 7.27. The van der Waals surface area contributed by atoms with Gasteiger partial charge in [0, 0.05) is 0 Å². The number of benzene rings is 3. The van der Waals surface area contributed by atoms with E-state index in [1.165, 1.54) is 4.90 Å². The highest BCUT2D eigenvalue weighted by Crippen LogP contribution is 2.33. The number of amides is 3. The van der Waals surface area contributed by atoms with Gasteiger partial charge < -0.3 is 10.1 Å². The highest BCUT2D eigenvalue weighted by atomic mass is 16.5. The minimum absolute atomic E-state index is 0.233. The molecule has 28 heavy (non-hydrogen) atoms. The van der Waals surface area contributed by atoms with Gasteiger partial charge in [-0.05, 0) is 53.4 Å². The van der Waals surface area contributed by atoms with Crippen molar-refractivity contribution in [1.82, 2.24) is 10.2 Å². The van der Waals surface area contributed by atoms with Gasteiger partial charge in [-0.25, -0.2) is 4.79 Å². The lowest BCUT2D eigenvalue weighted by molar-refractivity contribution is -0.131. The predicted octanol–water partition coefficient (Wildman–Crippen LogP) is 4.12. The molecule has 1 fully saturated rings. The van der Waals surface area contributed by atoms with Crippen LogP contribution in [0.3, 0.4) is 0 Å². The molecule has 0 aromatic heterocycles. The summed E-state index contributed by atoms with van der Waals surface area (Å²) in [6, 6.07) is 19.0. The van der Waals surface area contributed by atoms with E-state index in [1.807, 2.05) is 67.6 Å². The van der Waals surface area contributed by atoms with E-state index in [-0.39, 0.29) is 18.5 Å². The third-order valence-corrected chi connectivity index (χ3v) is 5.46. The number of carbonyl (C=O) groups excluding carboxylic acids is 2. The second kappa shape index (κ2) is 6.68. The molecular weight excluding hydrogens is 352 g/mol. The maximum absolute atomic E-state index is 13.3. The molecule has 5 nitrogen and oxygen atoms in total. The first-order chi connectivity index (χ1) is 13.4. The molecule has 1 saturated heterocycles. The van der Waals surface area contributed by atoms with E-state index < -0.39 is 5.54 Å². The number of rotatable bonds is 4. The number of methoxy groups -OCH3 is 1. The third-order valence-electron chi connectivity index (χ3n) is 5.46. The first-order valence-electron chi connectivity index (χ1n) is 9.20. The lowest BCUT2D eigenvalue weighted by Crippen LogP contribution is -2.40. The van der Waals surface area contributed by atoms with Crippen LogP contribution in [0.15, 0.2) is 60.7 Å². The summed E-state index contributed by atoms with van der Waals surface area (Å²) < 4.78 is 5.30. The summed E-state index contributed by atoms with van der Waals surface area (Å²) in [5, 5.41) is 5.00. The zero-order valence-electron chi connectivity index (χ0n) is 16.2. The predicted molar refractivity (Wildman–Crippen MR) is 108 cm³/mol. The highest BCUT2D eigenvalue weighted by molar-refractivity contribution is 6.07. The molecule has 3 amide bonds. The van der Waals surface area contributed by atoms with Crippen molar-refractivity contribution < 1.29 is 14.3 Å². The molecule has 0 bridgehead atoms. The second-order valence-electron chi connectivity index (χ2n) is 7.27. The summed E-state index contributed by atoms with van der Waals surface area (Å²) in [5.74, 6) is 0.492. The minimum atomic E-state index is -1.10. The fraction of sp³-hybridized carbons (Fsp3) is 0.217. The molecule has 3 aromatic carbocycles. The number of urea groups is 1. The average Bonchev–Trinajstić information content (AvgIpc) is 2.92. The number of nitrogens with zero attached hydrogens (tertiary/aromatic N) is 1. The van der Waals surface area contributed by atoms with E-state index in [0.717, 1.165) is 33.2 Å². The number of ether oxygens (including phenoxy) is 1. The minimum Gasteiger partial charge on any atom is -0.496 e. The summed E-state index contributed by atoms with van der Waals surface area (Å²) >= 11 is 0. The standard InChI is InChI=1S/C23H22N2O3/c1-15-13-18(11-12-20(15)28-3)23(2)21(26)25(22(27)24-23)14-17-9-6-8-16-7-4-5-10-19(16)17/h4-13H,14H2,1-3H3,(H,24,27). The smallest absolute Gasteiger partial charge is 0.325 e. The third kappa shape index (κ3) is 2.80. The van der Waals surface area contributed by atoms with Gasteiger partial charge in [-0.15, -0.1) is 0 Å². The van der Waals surface area contributed by atoms with Gasteiger partial charge in [0.25, 0.3) is 5.91 Å². The van der Waals surface area contributed by atoms with E-state index in [4.69, 9.17) is 4.74 Å². The van der Waals surface area contributed by atoms with Crippen molar-refractivity contribution in [1.29, 1.82) is 0 Å². The van der Waals surface area contributed by atoms with Gasteiger partial charge in [0.15, 0.2) is 0 Å². The normalized spacial score (nSPS) is 19.2. The maximum Gasteiger partial charge on any atom is 0.325 e. The van der Waals surface area contributed by atoms with Crippen LogP contribution >= 0.6 is 0 Å².